The molecule has 0 aromatic heterocycles. The zero-order chi connectivity index (χ0) is 21.7. The van der Waals surface area contributed by atoms with Crippen molar-refractivity contribution in [3.05, 3.63) is 59.2 Å². The van der Waals surface area contributed by atoms with Crippen molar-refractivity contribution < 1.29 is 13.2 Å². The van der Waals surface area contributed by atoms with Gasteiger partial charge in [0, 0.05) is 30.4 Å². The topological polar surface area (TPSA) is 78.5 Å². The van der Waals surface area contributed by atoms with Gasteiger partial charge in [-0.05, 0) is 63.6 Å². The number of sulfonamides is 1. The molecule has 0 aliphatic heterocycles. The van der Waals surface area contributed by atoms with Crippen LogP contribution >= 0.6 is 0 Å². The largest absolute Gasteiger partial charge is 0.351 e. The van der Waals surface area contributed by atoms with E-state index in [0.29, 0.717) is 23.8 Å². The molecule has 1 aliphatic rings. The fraction of sp³-hybridized carbons (Fsp3) is 0.435. The summed E-state index contributed by atoms with van der Waals surface area (Å²) in [6.45, 7) is 5.06. The van der Waals surface area contributed by atoms with E-state index in [0.717, 1.165) is 17.7 Å². The third-order valence-corrected chi connectivity index (χ3v) is 7.14. The van der Waals surface area contributed by atoms with Crippen LogP contribution in [0.2, 0.25) is 0 Å². The zero-order valence-electron chi connectivity index (χ0n) is 17.9. The molecule has 2 aromatic carbocycles. The first-order chi connectivity index (χ1) is 14.3. The number of hydrogen-bond donors (Lipinski definition) is 2. The maximum Gasteiger partial charge on any atom is 0.261 e. The van der Waals surface area contributed by atoms with Crippen molar-refractivity contribution >= 4 is 21.6 Å². The first-order valence-electron chi connectivity index (χ1n) is 10.4. The van der Waals surface area contributed by atoms with Crippen LogP contribution in [0, 0.1) is 13.8 Å². The average molecular weight is 430 g/mol. The van der Waals surface area contributed by atoms with Gasteiger partial charge in [-0.15, -0.1) is 0 Å². The molecule has 7 heteroatoms. The van der Waals surface area contributed by atoms with Crippen LogP contribution in [0.15, 0.2) is 47.4 Å². The number of aryl methyl sites for hydroxylation is 2. The number of anilines is 1. The standard InChI is InChI=1S/C23H31N3O3S/c1-17-8-11-19(12-9-17)25-30(28,29)21-13-10-18(2)22(16-21)23(27)24-14-15-26(3)20-6-4-5-7-20/h8-13,16,20,25H,4-7,14-15H2,1-3H3,(H,24,27). The summed E-state index contributed by atoms with van der Waals surface area (Å²) in [7, 11) is -1.69. The van der Waals surface area contributed by atoms with E-state index in [2.05, 4.69) is 22.0 Å². The SMILES string of the molecule is Cc1ccc(NS(=O)(=O)c2ccc(C)c(C(=O)NCCN(C)C3CCCC3)c2)cc1. The second-order valence-electron chi connectivity index (χ2n) is 8.12. The predicted octanol–water partition coefficient (Wildman–Crippen LogP) is 3.71. The second-order valence-corrected chi connectivity index (χ2v) is 9.81. The molecule has 1 amide bonds. The first-order valence-corrected chi connectivity index (χ1v) is 11.9. The Bertz CT molecular complexity index is 981. The molecule has 3 rings (SSSR count). The van der Waals surface area contributed by atoms with Crippen molar-refractivity contribution in [2.75, 3.05) is 24.9 Å². The van der Waals surface area contributed by atoms with Crippen LogP contribution in [-0.4, -0.2) is 45.4 Å². The lowest BCUT2D eigenvalue weighted by Crippen LogP contribution is -2.37. The molecule has 30 heavy (non-hydrogen) atoms. The van der Waals surface area contributed by atoms with Gasteiger partial charge in [0.2, 0.25) is 0 Å². The van der Waals surface area contributed by atoms with Crippen LogP contribution in [-0.2, 0) is 10.0 Å². The summed E-state index contributed by atoms with van der Waals surface area (Å²) in [5.41, 5.74) is 2.66. The quantitative estimate of drug-likeness (QED) is 0.671. The third kappa shape index (κ3) is 5.61. The van der Waals surface area contributed by atoms with E-state index in [9.17, 15) is 13.2 Å². The van der Waals surface area contributed by atoms with Gasteiger partial charge in [-0.1, -0.05) is 36.6 Å². The fourth-order valence-electron chi connectivity index (χ4n) is 3.82. The molecular weight excluding hydrogens is 398 g/mol. The lowest BCUT2D eigenvalue weighted by Gasteiger charge is -2.24. The van der Waals surface area contributed by atoms with E-state index >= 15 is 0 Å². The van der Waals surface area contributed by atoms with Gasteiger partial charge in [0.1, 0.15) is 0 Å². The number of rotatable bonds is 8. The van der Waals surface area contributed by atoms with E-state index in [1.54, 1.807) is 18.2 Å². The number of carbonyl (C=O) groups excluding carboxylic acids is 1. The lowest BCUT2D eigenvalue weighted by atomic mass is 10.1. The van der Waals surface area contributed by atoms with Crippen LogP contribution in [0.3, 0.4) is 0 Å². The van der Waals surface area contributed by atoms with E-state index in [-0.39, 0.29) is 10.8 Å². The molecule has 1 fully saturated rings. The van der Waals surface area contributed by atoms with Gasteiger partial charge in [-0.3, -0.25) is 9.52 Å². The highest BCUT2D eigenvalue weighted by Crippen LogP contribution is 2.22. The Hall–Kier alpha value is -2.38. The molecule has 0 unspecified atom stereocenters. The Balaban J connectivity index is 1.66. The van der Waals surface area contributed by atoms with E-state index in [1.165, 1.54) is 37.8 Å². The minimum absolute atomic E-state index is 0.0712. The highest BCUT2D eigenvalue weighted by atomic mass is 32.2. The Morgan fingerprint density at radius 2 is 1.73 bits per heavy atom. The maximum absolute atomic E-state index is 12.8. The number of hydrogen-bond acceptors (Lipinski definition) is 4. The van der Waals surface area contributed by atoms with Crippen LogP contribution < -0.4 is 10.0 Å². The molecule has 0 radical (unpaired) electrons. The number of benzene rings is 2. The van der Waals surface area contributed by atoms with Gasteiger partial charge in [-0.2, -0.15) is 0 Å². The van der Waals surface area contributed by atoms with Crippen LogP contribution in [0.25, 0.3) is 0 Å². The molecule has 0 bridgehead atoms. The van der Waals surface area contributed by atoms with Crippen LogP contribution in [0.1, 0.15) is 47.2 Å². The number of likely N-dealkylation sites (N-methyl/N-ethyl adjacent to an activating group) is 1. The normalized spacial score (nSPS) is 14.8. The summed E-state index contributed by atoms with van der Waals surface area (Å²) in [6, 6.07) is 12.4. The van der Waals surface area contributed by atoms with Crippen LogP contribution in [0.4, 0.5) is 5.69 Å². The third-order valence-electron chi connectivity index (χ3n) is 5.77. The highest BCUT2D eigenvalue weighted by molar-refractivity contribution is 7.92. The number of nitrogens with one attached hydrogen (secondary N) is 2. The Kier molecular flexibility index (Phi) is 7.15. The summed E-state index contributed by atoms with van der Waals surface area (Å²) in [6.07, 6.45) is 4.99. The molecule has 2 N–H and O–H groups in total. The van der Waals surface area contributed by atoms with Crippen molar-refractivity contribution in [2.45, 2.75) is 50.5 Å². The van der Waals surface area contributed by atoms with E-state index < -0.39 is 10.0 Å². The molecule has 1 saturated carbocycles. The minimum Gasteiger partial charge on any atom is -0.351 e. The number of amides is 1. The number of carbonyl (C=O) groups is 1. The Labute approximate surface area is 179 Å². The summed E-state index contributed by atoms with van der Waals surface area (Å²) >= 11 is 0. The smallest absolute Gasteiger partial charge is 0.261 e. The van der Waals surface area contributed by atoms with Crippen LogP contribution in [0.5, 0.6) is 0 Å². The highest BCUT2D eigenvalue weighted by Gasteiger charge is 2.20. The van der Waals surface area contributed by atoms with Gasteiger partial charge in [0.15, 0.2) is 0 Å². The maximum atomic E-state index is 12.8. The fourth-order valence-corrected chi connectivity index (χ4v) is 4.90. The summed E-state index contributed by atoms with van der Waals surface area (Å²) in [5.74, 6) is -0.250. The average Bonchev–Trinajstić information content (AvgIpc) is 3.24. The zero-order valence-corrected chi connectivity index (χ0v) is 18.8. The molecule has 6 nitrogen and oxygen atoms in total. The molecular formula is C23H31N3O3S. The van der Waals surface area contributed by atoms with E-state index in [1.807, 2.05) is 26.0 Å². The number of nitrogens with zero attached hydrogens (tertiary/aromatic N) is 1. The predicted molar refractivity (Wildman–Crippen MR) is 120 cm³/mol. The first kappa shape index (κ1) is 22.3. The van der Waals surface area contributed by atoms with Gasteiger partial charge >= 0.3 is 0 Å². The lowest BCUT2D eigenvalue weighted by molar-refractivity contribution is 0.0946. The monoisotopic (exact) mass is 429 g/mol. The van der Waals surface area contributed by atoms with Crippen molar-refractivity contribution in [1.29, 1.82) is 0 Å². The summed E-state index contributed by atoms with van der Waals surface area (Å²) < 4.78 is 28.1. The molecule has 2 aromatic rings. The van der Waals surface area contributed by atoms with Gasteiger partial charge in [0.25, 0.3) is 15.9 Å². The van der Waals surface area contributed by atoms with Crippen molar-refractivity contribution in [3.8, 4) is 0 Å². The van der Waals surface area contributed by atoms with Crippen molar-refractivity contribution in [1.82, 2.24) is 10.2 Å². The van der Waals surface area contributed by atoms with E-state index in [4.69, 9.17) is 0 Å². The Morgan fingerprint density at radius 3 is 2.40 bits per heavy atom. The second kappa shape index (κ2) is 9.62. The molecule has 1 aliphatic carbocycles. The minimum atomic E-state index is -3.78. The molecule has 0 saturated heterocycles. The van der Waals surface area contributed by atoms with Gasteiger partial charge < -0.3 is 10.2 Å². The molecule has 0 heterocycles. The van der Waals surface area contributed by atoms with Gasteiger partial charge in [0.05, 0.1) is 4.90 Å². The van der Waals surface area contributed by atoms with Crippen molar-refractivity contribution in [2.24, 2.45) is 0 Å². The molecule has 0 spiro atoms. The van der Waals surface area contributed by atoms with Crippen molar-refractivity contribution in [3.63, 3.8) is 0 Å². The van der Waals surface area contributed by atoms with Gasteiger partial charge in [-0.25, -0.2) is 8.42 Å². The summed E-state index contributed by atoms with van der Waals surface area (Å²) in [4.78, 5) is 15.1. The molecule has 0 atom stereocenters. The summed E-state index contributed by atoms with van der Waals surface area (Å²) in [5, 5.41) is 2.93. The molecule has 162 valence electrons. The Morgan fingerprint density at radius 1 is 1.07 bits per heavy atom.